The second-order valence-corrected chi connectivity index (χ2v) is 5.64. The van der Waals surface area contributed by atoms with Gasteiger partial charge in [0.2, 0.25) is 5.89 Å². The highest BCUT2D eigenvalue weighted by atomic mass is 16.5. The van der Waals surface area contributed by atoms with E-state index in [0.29, 0.717) is 24.9 Å². The lowest BCUT2D eigenvalue weighted by molar-refractivity contribution is 0.336. The van der Waals surface area contributed by atoms with Crippen molar-refractivity contribution in [2.24, 2.45) is 0 Å². The summed E-state index contributed by atoms with van der Waals surface area (Å²) in [7, 11) is 4.17. The van der Waals surface area contributed by atoms with E-state index in [0.717, 1.165) is 18.8 Å². The molecule has 1 aromatic carbocycles. The van der Waals surface area contributed by atoms with Crippen molar-refractivity contribution in [2.45, 2.75) is 32.4 Å². The van der Waals surface area contributed by atoms with Crippen LogP contribution in [0, 0.1) is 0 Å². The van der Waals surface area contributed by atoms with Crippen LogP contribution in [0.25, 0.3) is 0 Å². The molecule has 1 aromatic heterocycles. The van der Waals surface area contributed by atoms with Crippen molar-refractivity contribution in [3.8, 4) is 0 Å². The van der Waals surface area contributed by atoms with E-state index in [1.54, 1.807) is 0 Å². The summed E-state index contributed by atoms with van der Waals surface area (Å²) in [6.45, 7) is 3.86. The molecule has 0 aliphatic heterocycles. The van der Waals surface area contributed by atoms with Crippen LogP contribution in [-0.2, 0) is 13.0 Å². The fourth-order valence-electron chi connectivity index (χ4n) is 2.03. The maximum absolute atomic E-state index is 5.28. The van der Waals surface area contributed by atoms with Crippen LogP contribution in [0.1, 0.15) is 30.6 Å². The Morgan fingerprint density at radius 3 is 2.71 bits per heavy atom. The molecule has 21 heavy (non-hydrogen) atoms. The molecule has 0 amide bonds. The van der Waals surface area contributed by atoms with Crippen LogP contribution in [0.4, 0.5) is 0 Å². The van der Waals surface area contributed by atoms with Gasteiger partial charge in [0, 0.05) is 12.5 Å². The zero-order valence-electron chi connectivity index (χ0n) is 13.0. The highest BCUT2D eigenvalue weighted by Gasteiger charge is 2.09. The summed E-state index contributed by atoms with van der Waals surface area (Å²) < 4.78 is 5.28. The van der Waals surface area contributed by atoms with Gasteiger partial charge in [-0.1, -0.05) is 35.5 Å². The molecule has 0 fully saturated rings. The van der Waals surface area contributed by atoms with Crippen molar-refractivity contribution < 1.29 is 4.52 Å². The minimum atomic E-state index is 0.428. The van der Waals surface area contributed by atoms with Gasteiger partial charge in [-0.15, -0.1) is 0 Å². The van der Waals surface area contributed by atoms with Crippen LogP contribution in [0.3, 0.4) is 0 Å². The van der Waals surface area contributed by atoms with Gasteiger partial charge >= 0.3 is 0 Å². The molecule has 0 saturated carbocycles. The van der Waals surface area contributed by atoms with E-state index in [-0.39, 0.29) is 0 Å². The van der Waals surface area contributed by atoms with Gasteiger partial charge in [0.25, 0.3) is 0 Å². The van der Waals surface area contributed by atoms with Gasteiger partial charge in [-0.25, -0.2) is 0 Å². The fourth-order valence-corrected chi connectivity index (χ4v) is 2.03. The van der Waals surface area contributed by atoms with Crippen LogP contribution >= 0.6 is 0 Å². The van der Waals surface area contributed by atoms with E-state index in [1.165, 1.54) is 5.56 Å². The van der Waals surface area contributed by atoms with Gasteiger partial charge in [-0.05, 0) is 39.5 Å². The average Bonchev–Trinajstić information content (AvgIpc) is 2.91. The number of hydrogen-bond acceptors (Lipinski definition) is 5. The molecular formula is C16H24N4O. The second-order valence-electron chi connectivity index (χ2n) is 5.64. The Hall–Kier alpha value is -1.72. The lowest BCUT2D eigenvalue weighted by atomic mass is 10.1. The third-order valence-electron chi connectivity index (χ3n) is 3.33. The predicted molar refractivity (Wildman–Crippen MR) is 83.0 cm³/mol. The highest BCUT2D eigenvalue weighted by molar-refractivity contribution is 5.18. The SMILES string of the molecule is CC(CCN(C)C)NCc1nc(Cc2ccccc2)no1. The standard InChI is InChI=1S/C16H24N4O/c1-13(9-10-20(2)3)17-12-16-18-15(19-21-16)11-14-7-5-4-6-8-14/h4-8,13,17H,9-12H2,1-3H3. The summed E-state index contributed by atoms with van der Waals surface area (Å²) >= 11 is 0. The molecule has 0 saturated heterocycles. The van der Waals surface area contributed by atoms with Crippen LogP contribution in [0.15, 0.2) is 34.9 Å². The van der Waals surface area contributed by atoms with Gasteiger partial charge in [-0.3, -0.25) is 0 Å². The molecular weight excluding hydrogens is 264 g/mol. The van der Waals surface area contributed by atoms with E-state index < -0.39 is 0 Å². The Morgan fingerprint density at radius 1 is 1.24 bits per heavy atom. The monoisotopic (exact) mass is 288 g/mol. The summed E-state index contributed by atoms with van der Waals surface area (Å²) in [4.78, 5) is 6.61. The van der Waals surface area contributed by atoms with E-state index in [9.17, 15) is 0 Å². The van der Waals surface area contributed by atoms with E-state index in [4.69, 9.17) is 4.52 Å². The quantitative estimate of drug-likeness (QED) is 0.806. The lowest BCUT2D eigenvalue weighted by Crippen LogP contribution is -2.29. The molecule has 1 N–H and O–H groups in total. The Bertz CT molecular complexity index is 524. The lowest BCUT2D eigenvalue weighted by Gasteiger charge is -2.15. The third-order valence-corrected chi connectivity index (χ3v) is 3.33. The van der Waals surface area contributed by atoms with Crippen molar-refractivity contribution in [3.05, 3.63) is 47.6 Å². The smallest absolute Gasteiger partial charge is 0.240 e. The third kappa shape index (κ3) is 5.65. The van der Waals surface area contributed by atoms with Gasteiger partial charge in [-0.2, -0.15) is 4.98 Å². The van der Waals surface area contributed by atoms with Crippen LogP contribution in [-0.4, -0.2) is 41.7 Å². The van der Waals surface area contributed by atoms with Crippen molar-refractivity contribution in [2.75, 3.05) is 20.6 Å². The molecule has 2 aromatic rings. The van der Waals surface area contributed by atoms with Crippen molar-refractivity contribution in [1.82, 2.24) is 20.4 Å². The minimum absolute atomic E-state index is 0.428. The average molecular weight is 288 g/mol. The first-order valence-corrected chi connectivity index (χ1v) is 7.37. The van der Waals surface area contributed by atoms with Crippen LogP contribution in [0.5, 0.6) is 0 Å². The van der Waals surface area contributed by atoms with E-state index >= 15 is 0 Å². The Labute approximate surface area is 126 Å². The predicted octanol–water partition coefficient (Wildman–Crippen LogP) is 2.09. The normalized spacial score (nSPS) is 12.8. The zero-order valence-corrected chi connectivity index (χ0v) is 13.0. The number of rotatable bonds is 8. The van der Waals surface area contributed by atoms with E-state index in [2.05, 4.69) is 53.5 Å². The van der Waals surface area contributed by atoms with Gasteiger partial charge < -0.3 is 14.7 Å². The summed E-state index contributed by atoms with van der Waals surface area (Å²) in [5.41, 5.74) is 1.19. The molecule has 1 unspecified atom stereocenters. The molecule has 5 heteroatoms. The summed E-state index contributed by atoms with van der Waals surface area (Å²) in [5.74, 6) is 1.39. The van der Waals surface area contributed by atoms with E-state index in [1.807, 2.05) is 18.2 Å². The van der Waals surface area contributed by atoms with Crippen LogP contribution < -0.4 is 5.32 Å². The molecule has 5 nitrogen and oxygen atoms in total. The number of benzene rings is 1. The molecule has 0 aliphatic rings. The van der Waals surface area contributed by atoms with Gasteiger partial charge in [0.05, 0.1) is 6.54 Å². The zero-order chi connectivity index (χ0) is 15.1. The largest absolute Gasteiger partial charge is 0.338 e. The first-order valence-electron chi connectivity index (χ1n) is 7.37. The Morgan fingerprint density at radius 2 is 2.00 bits per heavy atom. The first kappa shape index (κ1) is 15.7. The molecule has 1 atom stereocenters. The first-order chi connectivity index (χ1) is 10.1. The van der Waals surface area contributed by atoms with Crippen molar-refractivity contribution in [3.63, 3.8) is 0 Å². The molecule has 0 bridgehead atoms. The molecule has 0 aliphatic carbocycles. The maximum atomic E-state index is 5.28. The topological polar surface area (TPSA) is 54.2 Å². The van der Waals surface area contributed by atoms with Crippen molar-refractivity contribution in [1.29, 1.82) is 0 Å². The van der Waals surface area contributed by atoms with Crippen LogP contribution in [0.2, 0.25) is 0 Å². The fraction of sp³-hybridized carbons (Fsp3) is 0.500. The molecule has 114 valence electrons. The Balaban J connectivity index is 1.78. The van der Waals surface area contributed by atoms with Gasteiger partial charge in [0.1, 0.15) is 0 Å². The molecule has 1 heterocycles. The van der Waals surface area contributed by atoms with Gasteiger partial charge in [0.15, 0.2) is 5.82 Å². The summed E-state index contributed by atoms with van der Waals surface area (Å²) in [6.07, 6.45) is 1.80. The second kappa shape index (κ2) is 7.90. The van der Waals surface area contributed by atoms with Crippen molar-refractivity contribution >= 4 is 0 Å². The molecule has 2 rings (SSSR count). The number of nitrogens with one attached hydrogen (secondary N) is 1. The Kier molecular flexibility index (Phi) is 5.90. The molecule has 0 spiro atoms. The minimum Gasteiger partial charge on any atom is -0.338 e. The maximum Gasteiger partial charge on any atom is 0.240 e. The number of nitrogens with zero attached hydrogens (tertiary/aromatic N) is 3. The number of aromatic nitrogens is 2. The highest BCUT2D eigenvalue weighted by Crippen LogP contribution is 2.06. The molecule has 0 radical (unpaired) electrons. The summed E-state index contributed by atoms with van der Waals surface area (Å²) in [5, 5.41) is 7.44. The number of hydrogen-bond donors (Lipinski definition) is 1. The summed E-state index contributed by atoms with van der Waals surface area (Å²) in [6, 6.07) is 10.6.